The van der Waals surface area contributed by atoms with Crippen LogP contribution in [0.1, 0.15) is 61.8 Å². The summed E-state index contributed by atoms with van der Waals surface area (Å²) >= 11 is 1.30. The fourth-order valence-corrected chi connectivity index (χ4v) is 5.17. The molecule has 0 spiro atoms. The monoisotopic (exact) mass is 541 g/mol. The molecule has 0 aliphatic carbocycles. The molecule has 0 aliphatic rings. The molecule has 0 bridgehead atoms. The van der Waals surface area contributed by atoms with E-state index in [1.54, 1.807) is 0 Å². The molecule has 0 aliphatic heterocycles. The van der Waals surface area contributed by atoms with Crippen molar-refractivity contribution in [1.82, 2.24) is 15.5 Å². The summed E-state index contributed by atoms with van der Waals surface area (Å²) in [5.41, 5.74) is 5.89. The summed E-state index contributed by atoms with van der Waals surface area (Å²) in [4.78, 5) is 26.8. The number of rotatable bonds is 9. The molecule has 0 saturated carbocycles. The molecule has 7 nitrogen and oxygen atoms in total. The molecule has 1 atom stereocenters. The quantitative estimate of drug-likeness (QED) is 0.210. The second-order valence-corrected chi connectivity index (χ2v) is 11.2. The molecule has 0 saturated heterocycles. The average Bonchev–Trinajstić information content (AvgIpc) is 3.37. The summed E-state index contributed by atoms with van der Waals surface area (Å²) in [7, 11) is 0. The highest BCUT2D eigenvalue weighted by Crippen LogP contribution is 2.32. The van der Waals surface area contributed by atoms with E-state index in [1.165, 1.54) is 11.3 Å². The van der Waals surface area contributed by atoms with Gasteiger partial charge in [0.15, 0.2) is 0 Å². The zero-order chi connectivity index (χ0) is 27.9. The Morgan fingerprint density at radius 3 is 2.13 bits per heavy atom. The minimum Gasteiger partial charge on any atom is -0.326 e. The van der Waals surface area contributed by atoms with Crippen molar-refractivity contribution in [3.05, 3.63) is 95.1 Å². The predicted molar refractivity (Wildman–Crippen MR) is 159 cm³/mol. The molecule has 0 radical (unpaired) electrons. The highest BCUT2D eigenvalue weighted by molar-refractivity contribution is 7.18. The average molecular weight is 542 g/mol. The molecule has 1 heterocycles. The van der Waals surface area contributed by atoms with Crippen molar-refractivity contribution >= 4 is 34.1 Å². The summed E-state index contributed by atoms with van der Waals surface area (Å²) < 4.78 is 0. The number of carbonyl (C=O) groups excluding carboxylic acids is 2. The summed E-state index contributed by atoms with van der Waals surface area (Å²) in [5.74, 6) is 0.0898. The summed E-state index contributed by atoms with van der Waals surface area (Å²) in [6.07, 6.45) is 0.326. The maximum atomic E-state index is 13.4. The lowest BCUT2D eigenvalue weighted by Crippen LogP contribution is -2.47. The van der Waals surface area contributed by atoms with E-state index in [-0.39, 0.29) is 17.7 Å². The van der Waals surface area contributed by atoms with Gasteiger partial charge in [-0.15, -0.1) is 10.2 Å². The van der Waals surface area contributed by atoms with Gasteiger partial charge in [-0.05, 0) is 41.5 Å². The fraction of sp³-hybridized carbons (Fsp3) is 0.290. The van der Waals surface area contributed by atoms with Crippen LogP contribution in [0.25, 0.3) is 10.6 Å². The molecular formula is C31H35N5O2S. The lowest BCUT2D eigenvalue weighted by Gasteiger charge is -2.22. The molecule has 3 N–H and O–H groups in total. The normalized spacial score (nSPS) is 11.9. The van der Waals surface area contributed by atoms with Crippen molar-refractivity contribution in [2.45, 2.75) is 58.9 Å². The Bertz CT molecular complexity index is 1410. The smallest absolute Gasteiger partial charge is 0.319 e. The van der Waals surface area contributed by atoms with Crippen molar-refractivity contribution in [2.24, 2.45) is 0 Å². The Morgan fingerprint density at radius 2 is 1.49 bits per heavy atom. The van der Waals surface area contributed by atoms with E-state index in [4.69, 9.17) is 0 Å². The third-order valence-electron chi connectivity index (χ3n) is 6.44. The van der Waals surface area contributed by atoms with Gasteiger partial charge in [-0.1, -0.05) is 111 Å². The lowest BCUT2D eigenvalue weighted by molar-refractivity contribution is -0.117. The number of anilines is 2. The standard InChI is InChI=1S/C31H35N5O2S/c1-19(2)24-15-10-16-25(20(3)4)27(24)33-30(38)32-26(18-22-12-7-6-8-13-22)28(37)34-31-36-35-29(39-31)23-14-9-11-21(5)17-23/h6-17,19-20,26H,18H2,1-5H3,(H2,32,33,38)(H,34,36,37)/t26-/m1/s1. The van der Waals surface area contributed by atoms with Crippen LogP contribution in [0.3, 0.4) is 0 Å². The van der Waals surface area contributed by atoms with Gasteiger partial charge >= 0.3 is 6.03 Å². The zero-order valence-electron chi connectivity index (χ0n) is 23.0. The Labute approximate surface area is 234 Å². The van der Waals surface area contributed by atoms with E-state index in [0.717, 1.165) is 33.5 Å². The van der Waals surface area contributed by atoms with E-state index in [0.29, 0.717) is 16.6 Å². The Balaban J connectivity index is 1.54. The van der Waals surface area contributed by atoms with Gasteiger partial charge in [-0.25, -0.2) is 4.79 Å². The highest BCUT2D eigenvalue weighted by atomic mass is 32.1. The number of nitrogens with one attached hydrogen (secondary N) is 3. The number of hydrogen-bond donors (Lipinski definition) is 3. The maximum absolute atomic E-state index is 13.4. The third kappa shape index (κ3) is 7.29. The fourth-order valence-electron chi connectivity index (χ4n) is 4.42. The minimum atomic E-state index is -0.826. The summed E-state index contributed by atoms with van der Waals surface area (Å²) in [5, 5.41) is 18.3. The SMILES string of the molecule is Cc1cccc(-c2nnc(NC(=O)[C@@H](Cc3ccccc3)NC(=O)Nc3c(C(C)C)cccc3C(C)C)s2)c1. The molecule has 4 aromatic rings. The van der Waals surface area contributed by atoms with E-state index in [1.807, 2.05) is 79.7 Å². The Morgan fingerprint density at radius 1 is 0.821 bits per heavy atom. The van der Waals surface area contributed by atoms with Crippen LogP contribution in [0.4, 0.5) is 15.6 Å². The van der Waals surface area contributed by atoms with Crippen molar-refractivity contribution < 1.29 is 9.59 Å². The van der Waals surface area contributed by atoms with Crippen LogP contribution >= 0.6 is 11.3 Å². The van der Waals surface area contributed by atoms with Crippen LogP contribution in [0.2, 0.25) is 0 Å². The number of nitrogens with zero attached hydrogens (tertiary/aromatic N) is 2. The van der Waals surface area contributed by atoms with Crippen LogP contribution in [0.15, 0.2) is 72.8 Å². The largest absolute Gasteiger partial charge is 0.326 e. The molecule has 39 heavy (non-hydrogen) atoms. The first-order valence-corrected chi connectivity index (χ1v) is 14.0. The number of aryl methyl sites for hydroxylation is 1. The maximum Gasteiger partial charge on any atom is 0.319 e. The molecule has 4 rings (SSSR count). The van der Waals surface area contributed by atoms with Crippen LogP contribution in [0.5, 0.6) is 0 Å². The second kappa shape index (κ2) is 12.7. The molecule has 202 valence electrons. The van der Waals surface area contributed by atoms with Gasteiger partial charge in [0.2, 0.25) is 11.0 Å². The Kier molecular flexibility index (Phi) is 9.09. The van der Waals surface area contributed by atoms with Gasteiger partial charge in [0.05, 0.1) is 0 Å². The van der Waals surface area contributed by atoms with E-state index in [9.17, 15) is 9.59 Å². The predicted octanol–water partition coefficient (Wildman–Crippen LogP) is 7.13. The van der Waals surface area contributed by atoms with Gasteiger partial charge in [0.1, 0.15) is 11.0 Å². The Hall–Kier alpha value is -4.04. The lowest BCUT2D eigenvalue weighted by atomic mass is 9.93. The summed E-state index contributed by atoms with van der Waals surface area (Å²) in [6.45, 7) is 10.4. The van der Waals surface area contributed by atoms with Gasteiger partial charge in [-0.2, -0.15) is 0 Å². The van der Waals surface area contributed by atoms with Crippen LogP contribution < -0.4 is 16.0 Å². The number of para-hydroxylation sites is 1. The molecular weight excluding hydrogens is 506 g/mol. The second-order valence-electron chi connectivity index (χ2n) is 10.2. The topological polar surface area (TPSA) is 96.0 Å². The van der Waals surface area contributed by atoms with Gasteiger partial charge in [-0.3, -0.25) is 10.1 Å². The van der Waals surface area contributed by atoms with Crippen molar-refractivity contribution in [1.29, 1.82) is 0 Å². The molecule has 0 fully saturated rings. The first-order chi connectivity index (χ1) is 18.7. The van der Waals surface area contributed by atoms with E-state index < -0.39 is 12.1 Å². The molecule has 3 aromatic carbocycles. The van der Waals surface area contributed by atoms with E-state index >= 15 is 0 Å². The number of aromatic nitrogens is 2. The first kappa shape index (κ1) is 28.0. The van der Waals surface area contributed by atoms with Crippen molar-refractivity contribution in [2.75, 3.05) is 10.6 Å². The zero-order valence-corrected chi connectivity index (χ0v) is 23.8. The first-order valence-electron chi connectivity index (χ1n) is 13.2. The van der Waals surface area contributed by atoms with Crippen molar-refractivity contribution in [3.8, 4) is 10.6 Å². The van der Waals surface area contributed by atoms with Crippen molar-refractivity contribution in [3.63, 3.8) is 0 Å². The van der Waals surface area contributed by atoms with Crippen LogP contribution in [0, 0.1) is 6.92 Å². The number of carbonyl (C=O) groups is 2. The molecule has 0 unspecified atom stereocenters. The van der Waals surface area contributed by atoms with Crippen LogP contribution in [-0.2, 0) is 11.2 Å². The van der Waals surface area contributed by atoms with E-state index in [2.05, 4.69) is 53.8 Å². The van der Waals surface area contributed by atoms with Gasteiger partial charge < -0.3 is 10.6 Å². The number of benzene rings is 3. The van der Waals surface area contributed by atoms with Gasteiger partial charge in [0.25, 0.3) is 0 Å². The highest BCUT2D eigenvalue weighted by Gasteiger charge is 2.24. The molecule has 1 aromatic heterocycles. The summed E-state index contributed by atoms with van der Waals surface area (Å²) in [6, 6.07) is 22.4. The molecule has 8 heteroatoms. The molecule has 3 amide bonds. The minimum absolute atomic E-state index is 0.224. The van der Waals surface area contributed by atoms with Crippen LogP contribution in [-0.4, -0.2) is 28.2 Å². The van der Waals surface area contributed by atoms with Gasteiger partial charge in [0, 0.05) is 17.7 Å². The number of hydrogen-bond acceptors (Lipinski definition) is 5. The third-order valence-corrected chi connectivity index (χ3v) is 7.32. The number of amides is 3. The number of urea groups is 1.